The van der Waals surface area contributed by atoms with Crippen LogP contribution in [-0.2, 0) is 24.9 Å². The molecular formula is C25H19BrF9N3O4. The lowest BCUT2D eigenvalue weighted by atomic mass is 10.1. The quantitative estimate of drug-likeness (QED) is 0.128. The van der Waals surface area contributed by atoms with E-state index < -0.39 is 56.4 Å². The number of alkyl halides is 9. The number of hydrogen-bond donors (Lipinski definition) is 1. The number of rotatable bonds is 4. The predicted molar refractivity (Wildman–Crippen MR) is 139 cm³/mol. The van der Waals surface area contributed by atoms with E-state index in [9.17, 15) is 59.7 Å². The summed E-state index contributed by atoms with van der Waals surface area (Å²) in [6, 6.07) is 8.00. The second-order valence-electron chi connectivity index (χ2n) is 7.92. The molecule has 17 heteroatoms. The molecule has 3 aromatic carbocycles. The highest BCUT2D eigenvalue weighted by Gasteiger charge is 2.34. The van der Waals surface area contributed by atoms with Crippen molar-refractivity contribution in [1.29, 1.82) is 0 Å². The second kappa shape index (κ2) is 14.2. The van der Waals surface area contributed by atoms with Gasteiger partial charge in [-0.1, -0.05) is 25.6 Å². The Morgan fingerprint density at radius 1 is 0.762 bits per heavy atom. The van der Waals surface area contributed by atoms with E-state index in [0.29, 0.717) is 18.6 Å². The fraction of sp³-hybridized carbons (Fsp3) is 0.200. The van der Waals surface area contributed by atoms with Gasteiger partial charge in [-0.25, -0.2) is 0 Å². The van der Waals surface area contributed by atoms with Gasteiger partial charge in [0, 0.05) is 17.8 Å². The molecule has 0 heterocycles. The molecule has 0 aliphatic carbocycles. The SMILES string of the molecule is C=Cc1ccc(C(F)(F)F)cc1[N+](=O)[O-].CCc1ccc(C(F)(F)F)cc1N.O=[N+]([O-])c1cc(C(F)(F)F)ccc1Br. The van der Waals surface area contributed by atoms with Crippen LogP contribution in [0.3, 0.4) is 0 Å². The molecule has 0 amide bonds. The van der Waals surface area contributed by atoms with Gasteiger partial charge in [-0.2, -0.15) is 39.5 Å². The van der Waals surface area contributed by atoms with Crippen molar-refractivity contribution in [2.24, 2.45) is 0 Å². The lowest BCUT2D eigenvalue weighted by molar-refractivity contribution is -0.385. The highest BCUT2D eigenvalue weighted by atomic mass is 79.9. The van der Waals surface area contributed by atoms with Gasteiger partial charge in [0.2, 0.25) is 0 Å². The summed E-state index contributed by atoms with van der Waals surface area (Å²) in [5.74, 6) is 0. The highest BCUT2D eigenvalue weighted by Crippen LogP contribution is 2.35. The standard InChI is InChI=1S/C9H6F3NO2.C9H10F3N.C7H3BrF3NO2/c1-2-6-3-4-7(9(10,11)12)5-8(6)13(14)15;1-2-6-3-4-7(5-8(6)13)9(10,11)12;8-5-2-1-4(7(9,10)11)3-6(5)12(13)14/h2-5H,1H2;3-5H,2,13H2,1H3;1-3H. The Labute approximate surface area is 239 Å². The molecular weight excluding hydrogens is 657 g/mol. The van der Waals surface area contributed by atoms with Crippen molar-refractivity contribution >= 4 is 39.1 Å². The predicted octanol–water partition coefficient (Wildman–Crippen LogP) is 9.48. The van der Waals surface area contributed by atoms with E-state index >= 15 is 0 Å². The minimum absolute atomic E-state index is 0.0236. The van der Waals surface area contributed by atoms with Crippen molar-refractivity contribution in [2.75, 3.05) is 5.73 Å². The summed E-state index contributed by atoms with van der Waals surface area (Å²) in [7, 11) is 0. The number of aryl methyl sites for hydroxylation is 1. The highest BCUT2D eigenvalue weighted by molar-refractivity contribution is 9.10. The molecule has 2 N–H and O–H groups in total. The summed E-state index contributed by atoms with van der Waals surface area (Å²) >= 11 is 2.79. The molecule has 0 atom stereocenters. The van der Waals surface area contributed by atoms with Gasteiger partial charge in [0.1, 0.15) is 0 Å². The zero-order valence-electron chi connectivity index (χ0n) is 21.1. The van der Waals surface area contributed by atoms with Crippen LogP contribution in [0.2, 0.25) is 0 Å². The number of halogens is 10. The summed E-state index contributed by atoms with van der Waals surface area (Å²) in [6.45, 7) is 5.13. The summed E-state index contributed by atoms with van der Waals surface area (Å²) < 4.78 is 109. The molecule has 0 saturated carbocycles. The van der Waals surface area contributed by atoms with E-state index in [1.54, 1.807) is 0 Å². The molecule has 0 radical (unpaired) electrons. The first kappa shape index (κ1) is 35.9. The fourth-order valence-electron chi connectivity index (χ4n) is 2.97. The van der Waals surface area contributed by atoms with Crippen LogP contribution in [0.1, 0.15) is 34.7 Å². The van der Waals surface area contributed by atoms with E-state index in [1.165, 1.54) is 6.07 Å². The molecule has 42 heavy (non-hydrogen) atoms. The first-order chi connectivity index (χ1) is 19.1. The zero-order valence-corrected chi connectivity index (χ0v) is 22.7. The maximum atomic E-state index is 12.2. The van der Waals surface area contributed by atoms with E-state index in [4.69, 9.17) is 5.73 Å². The number of nitrogen functional groups attached to an aromatic ring is 1. The Kier molecular flexibility index (Phi) is 12.1. The summed E-state index contributed by atoms with van der Waals surface area (Å²) in [4.78, 5) is 19.0. The van der Waals surface area contributed by atoms with Crippen molar-refractivity contribution in [3.8, 4) is 0 Å². The third-order valence-electron chi connectivity index (χ3n) is 5.10. The number of nitro groups is 2. The Balaban J connectivity index is 0.000000316. The van der Waals surface area contributed by atoms with Gasteiger partial charge in [0.25, 0.3) is 11.4 Å². The Morgan fingerprint density at radius 3 is 1.55 bits per heavy atom. The van der Waals surface area contributed by atoms with Gasteiger partial charge in [0.15, 0.2) is 0 Å². The first-order valence-corrected chi connectivity index (χ1v) is 11.9. The monoisotopic (exact) mass is 675 g/mol. The van der Waals surface area contributed by atoms with Crippen LogP contribution in [0, 0.1) is 20.2 Å². The minimum atomic E-state index is -4.58. The molecule has 0 fully saturated rings. The lowest BCUT2D eigenvalue weighted by Gasteiger charge is -2.09. The zero-order chi connectivity index (χ0) is 32.6. The summed E-state index contributed by atoms with van der Waals surface area (Å²) in [5.41, 5.74) is 2.48. The molecule has 3 rings (SSSR count). The summed E-state index contributed by atoms with van der Waals surface area (Å²) in [6.07, 6.45) is -11.7. The van der Waals surface area contributed by atoms with Crippen LogP contribution in [0.4, 0.5) is 56.6 Å². The normalized spacial score (nSPS) is 11.4. The maximum absolute atomic E-state index is 12.2. The number of hydrogen-bond acceptors (Lipinski definition) is 5. The van der Waals surface area contributed by atoms with Gasteiger partial charge in [0.05, 0.1) is 36.6 Å². The Morgan fingerprint density at radius 2 is 1.17 bits per heavy atom. The number of anilines is 1. The molecule has 3 aromatic rings. The van der Waals surface area contributed by atoms with Crippen LogP contribution in [0.25, 0.3) is 6.08 Å². The molecule has 228 valence electrons. The third-order valence-corrected chi connectivity index (χ3v) is 5.77. The van der Waals surface area contributed by atoms with E-state index in [-0.39, 0.29) is 15.7 Å². The van der Waals surface area contributed by atoms with Crippen molar-refractivity contribution in [1.82, 2.24) is 0 Å². The molecule has 0 unspecified atom stereocenters. The molecule has 0 bridgehead atoms. The number of benzene rings is 3. The molecule has 0 aliphatic heterocycles. The number of nitrogens with two attached hydrogens (primary N) is 1. The average molecular weight is 676 g/mol. The first-order valence-electron chi connectivity index (χ1n) is 11.1. The lowest BCUT2D eigenvalue weighted by Crippen LogP contribution is -2.06. The van der Waals surface area contributed by atoms with Crippen molar-refractivity contribution in [2.45, 2.75) is 31.9 Å². The third kappa shape index (κ3) is 10.4. The maximum Gasteiger partial charge on any atom is 0.416 e. The van der Waals surface area contributed by atoms with Crippen molar-refractivity contribution < 1.29 is 49.4 Å². The topological polar surface area (TPSA) is 112 Å². The van der Waals surface area contributed by atoms with Crippen LogP contribution in [0.15, 0.2) is 65.6 Å². The summed E-state index contributed by atoms with van der Waals surface area (Å²) in [5, 5.41) is 20.8. The van der Waals surface area contributed by atoms with Gasteiger partial charge in [-0.3, -0.25) is 20.2 Å². The van der Waals surface area contributed by atoms with Crippen LogP contribution in [0.5, 0.6) is 0 Å². The van der Waals surface area contributed by atoms with E-state index in [1.807, 2.05) is 6.92 Å². The number of nitro benzene ring substituents is 2. The van der Waals surface area contributed by atoms with Crippen molar-refractivity contribution in [3.05, 3.63) is 114 Å². The fourth-order valence-corrected chi connectivity index (χ4v) is 3.36. The van der Waals surface area contributed by atoms with E-state index in [0.717, 1.165) is 48.0 Å². The Bertz CT molecular complexity index is 1440. The largest absolute Gasteiger partial charge is 0.416 e. The molecule has 0 saturated heterocycles. The second-order valence-corrected chi connectivity index (χ2v) is 8.77. The van der Waals surface area contributed by atoms with Crippen molar-refractivity contribution in [3.63, 3.8) is 0 Å². The minimum Gasteiger partial charge on any atom is -0.398 e. The van der Waals surface area contributed by atoms with Gasteiger partial charge >= 0.3 is 18.5 Å². The molecule has 7 nitrogen and oxygen atoms in total. The molecule has 0 spiro atoms. The van der Waals surface area contributed by atoms with Gasteiger partial charge in [-0.15, -0.1) is 0 Å². The Hall–Kier alpha value is -4.15. The van der Waals surface area contributed by atoms with Crippen LogP contribution < -0.4 is 5.73 Å². The van der Waals surface area contributed by atoms with Gasteiger partial charge < -0.3 is 5.73 Å². The molecule has 0 aromatic heterocycles. The number of nitrogens with zero attached hydrogens (tertiary/aromatic N) is 2. The van der Waals surface area contributed by atoms with Gasteiger partial charge in [-0.05, 0) is 64.3 Å². The van der Waals surface area contributed by atoms with Crippen LogP contribution >= 0.6 is 15.9 Å². The smallest absolute Gasteiger partial charge is 0.398 e. The van der Waals surface area contributed by atoms with Crippen LogP contribution in [-0.4, -0.2) is 9.85 Å². The average Bonchev–Trinajstić information content (AvgIpc) is 2.87. The molecule has 0 aliphatic rings. The van der Waals surface area contributed by atoms with E-state index in [2.05, 4.69) is 22.5 Å².